The van der Waals surface area contributed by atoms with E-state index in [0.717, 1.165) is 4.68 Å². The lowest BCUT2D eigenvalue weighted by atomic mass is 10.5. The molecule has 1 aromatic rings. The third kappa shape index (κ3) is 2.01. The fraction of sp³-hybridized carbons (Fsp3) is 0.500. The highest BCUT2D eigenvalue weighted by atomic mass is 32.2. The molecule has 1 heterocycles. The van der Waals surface area contributed by atoms with Crippen molar-refractivity contribution in [2.24, 2.45) is 0 Å². The van der Waals surface area contributed by atoms with Crippen molar-refractivity contribution in [3.63, 3.8) is 0 Å². The number of sulfone groups is 1. The zero-order valence-corrected chi connectivity index (χ0v) is 8.91. The lowest BCUT2D eigenvalue weighted by molar-refractivity contribution is 0.558. The third-order valence-electron chi connectivity index (χ3n) is 1.84. The molecule has 1 aromatic heterocycles. The molecule has 0 saturated heterocycles. The summed E-state index contributed by atoms with van der Waals surface area (Å²) in [5.74, 6) is -0.0120. The maximum Gasteiger partial charge on any atom is 0.266 e. The average molecular weight is 216 g/mol. The molecule has 0 atom stereocenters. The van der Waals surface area contributed by atoms with Crippen LogP contribution in [0.5, 0.6) is 0 Å². The third-order valence-corrected chi connectivity index (χ3v) is 3.46. The maximum atomic E-state index is 11.4. The Hall–Kier alpha value is -1.17. The van der Waals surface area contributed by atoms with Crippen molar-refractivity contribution in [3.8, 4) is 0 Å². The predicted octanol–water partition coefficient (Wildman–Crippen LogP) is 0.0568. The first-order chi connectivity index (χ1) is 6.51. The molecule has 0 saturated carbocycles. The first-order valence-corrected chi connectivity index (χ1v) is 5.97. The predicted molar refractivity (Wildman–Crippen MR) is 51.9 cm³/mol. The van der Waals surface area contributed by atoms with E-state index in [1.165, 1.54) is 12.1 Å². The second kappa shape index (κ2) is 3.91. The number of nitrogens with zero attached hydrogens (tertiary/aromatic N) is 2. The summed E-state index contributed by atoms with van der Waals surface area (Å²) in [5.41, 5.74) is -0.289. The van der Waals surface area contributed by atoms with Crippen molar-refractivity contribution in [3.05, 3.63) is 22.5 Å². The second-order valence-electron chi connectivity index (χ2n) is 2.73. The Labute approximate surface area is 82.3 Å². The highest BCUT2D eigenvalue weighted by Crippen LogP contribution is 2.03. The van der Waals surface area contributed by atoms with Gasteiger partial charge >= 0.3 is 0 Å². The lowest BCUT2D eigenvalue weighted by Crippen LogP contribution is -2.23. The topological polar surface area (TPSA) is 69.0 Å². The summed E-state index contributed by atoms with van der Waals surface area (Å²) in [7, 11) is -3.32. The van der Waals surface area contributed by atoms with Crippen LogP contribution in [-0.2, 0) is 16.4 Å². The minimum atomic E-state index is -3.32. The van der Waals surface area contributed by atoms with Crippen molar-refractivity contribution >= 4 is 9.84 Å². The number of hydrogen-bond donors (Lipinski definition) is 0. The van der Waals surface area contributed by atoms with E-state index < -0.39 is 9.84 Å². The summed E-state index contributed by atoms with van der Waals surface area (Å²) in [6.07, 6.45) is 0. The van der Waals surface area contributed by atoms with Crippen LogP contribution in [0.1, 0.15) is 13.8 Å². The van der Waals surface area contributed by atoms with E-state index in [-0.39, 0.29) is 16.3 Å². The quantitative estimate of drug-likeness (QED) is 0.716. The molecule has 0 fully saturated rings. The molecule has 0 spiro atoms. The summed E-state index contributed by atoms with van der Waals surface area (Å²) in [6.45, 7) is 3.64. The van der Waals surface area contributed by atoms with Gasteiger partial charge < -0.3 is 0 Å². The zero-order valence-electron chi connectivity index (χ0n) is 8.10. The second-order valence-corrected chi connectivity index (χ2v) is 4.95. The smallest absolute Gasteiger partial charge is 0.266 e. The van der Waals surface area contributed by atoms with Gasteiger partial charge in [0.05, 0.1) is 5.75 Å². The molecule has 0 aliphatic rings. The molecule has 0 aliphatic carbocycles. The van der Waals surface area contributed by atoms with Crippen LogP contribution in [0.25, 0.3) is 0 Å². The Bertz CT molecular complexity index is 476. The van der Waals surface area contributed by atoms with Gasteiger partial charge in [-0.25, -0.2) is 13.1 Å². The average Bonchev–Trinajstić information content (AvgIpc) is 2.18. The lowest BCUT2D eigenvalue weighted by Gasteiger charge is -2.03. The van der Waals surface area contributed by atoms with Crippen LogP contribution >= 0.6 is 0 Å². The Morgan fingerprint density at radius 3 is 2.50 bits per heavy atom. The Kier molecular flexibility index (Phi) is 3.05. The molecule has 0 amide bonds. The molecular formula is C8H12N2O3S. The summed E-state index contributed by atoms with van der Waals surface area (Å²) < 4.78 is 23.9. The molecule has 0 aliphatic heterocycles. The van der Waals surface area contributed by atoms with Gasteiger partial charge in [0, 0.05) is 12.6 Å². The number of rotatable bonds is 3. The van der Waals surface area contributed by atoms with E-state index in [9.17, 15) is 13.2 Å². The SMILES string of the molecule is CCn1nc(S(=O)(=O)CC)ccc1=O. The van der Waals surface area contributed by atoms with Gasteiger partial charge in [-0.3, -0.25) is 4.79 Å². The fourth-order valence-corrected chi connectivity index (χ4v) is 1.76. The maximum absolute atomic E-state index is 11.4. The zero-order chi connectivity index (χ0) is 10.8. The largest absolute Gasteiger partial charge is 0.268 e. The molecule has 0 N–H and O–H groups in total. The van der Waals surface area contributed by atoms with Crippen molar-refractivity contribution in [1.29, 1.82) is 0 Å². The van der Waals surface area contributed by atoms with Crippen LogP contribution in [0, 0.1) is 0 Å². The summed E-state index contributed by atoms with van der Waals surface area (Å²) in [6, 6.07) is 2.46. The van der Waals surface area contributed by atoms with Crippen molar-refractivity contribution < 1.29 is 8.42 Å². The molecular weight excluding hydrogens is 204 g/mol. The first-order valence-electron chi connectivity index (χ1n) is 4.32. The normalized spacial score (nSPS) is 11.6. The Morgan fingerprint density at radius 2 is 2.00 bits per heavy atom. The minimum absolute atomic E-state index is 0.0120. The van der Waals surface area contributed by atoms with Gasteiger partial charge in [-0.05, 0) is 13.0 Å². The van der Waals surface area contributed by atoms with E-state index in [2.05, 4.69) is 5.10 Å². The van der Waals surface area contributed by atoms with Gasteiger partial charge in [-0.1, -0.05) is 6.92 Å². The minimum Gasteiger partial charge on any atom is -0.268 e. The van der Waals surface area contributed by atoms with Crippen LogP contribution < -0.4 is 5.56 Å². The molecule has 0 unspecified atom stereocenters. The molecule has 5 nitrogen and oxygen atoms in total. The summed E-state index contributed by atoms with van der Waals surface area (Å²) in [4.78, 5) is 11.1. The van der Waals surface area contributed by atoms with E-state index in [4.69, 9.17) is 0 Å². The highest BCUT2D eigenvalue weighted by Gasteiger charge is 2.14. The van der Waals surface area contributed by atoms with Crippen molar-refractivity contribution in [1.82, 2.24) is 9.78 Å². The summed E-state index contributed by atoms with van der Waals surface area (Å²) >= 11 is 0. The Morgan fingerprint density at radius 1 is 1.36 bits per heavy atom. The first kappa shape index (κ1) is 10.9. The molecule has 6 heteroatoms. The van der Waals surface area contributed by atoms with Crippen LogP contribution in [-0.4, -0.2) is 24.0 Å². The van der Waals surface area contributed by atoms with Gasteiger partial charge in [0.25, 0.3) is 5.56 Å². The Balaban J connectivity index is 3.34. The van der Waals surface area contributed by atoms with Gasteiger partial charge in [-0.15, -0.1) is 0 Å². The van der Waals surface area contributed by atoms with Crippen LogP contribution in [0.4, 0.5) is 0 Å². The molecule has 0 bridgehead atoms. The molecule has 0 radical (unpaired) electrons. The molecule has 78 valence electrons. The van der Waals surface area contributed by atoms with E-state index in [0.29, 0.717) is 6.54 Å². The van der Waals surface area contributed by atoms with Gasteiger partial charge in [0.15, 0.2) is 14.9 Å². The van der Waals surface area contributed by atoms with E-state index in [1.54, 1.807) is 13.8 Å². The van der Waals surface area contributed by atoms with E-state index in [1.807, 2.05) is 0 Å². The molecule has 1 rings (SSSR count). The number of aromatic nitrogens is 2. The fourth-order valence-electron chi connectivity index (χ4n) is 0.970. The number of hydrogen-bond acceptors (Lipinski definition) is 4. The molecule has 14 heavy (non-hydrogen) atoms. The monoisotopic (exact) mass is 216 g/mol. The van der Waals surface area contributed by atoms with Crippen molar-refractivity contribution in [2.45, 2.75) is 25.4 Å². The van der Waals surface area contributed by atoms with Gasteiger partial charge in [-0.2, -0.15) is 5.10 Å². The van der Waals surface area contributed by atoms with E-state index >= 15 is 0 Å². The standard InChI is InChI=1S/C8H12N2O3S/c1-3-10-8(11)6-5-7(9-10)14(12,13)4-2/h5-6H,3-4H2,1-2H3. The molecule has 0 aromatic carbocycles. The van der Waals surface area contributed by atoms with Gasteiger partial charge in [0.2, 0.25) is 0 Å². The highest BCUT2D eigenvalue weighted by molar-refractivity contribution is 7.91. The van der Waals surface area contributed by atoms with Crippen molar-refractivity contribution in [2.75, 3.05) is 5.75 Å². The van der Waals surface area contributed by atoms with Crippen LogP contribution in [0.15, 0.2) is 22.0 Å². The summed E-state index contributed by atoms with van der Waals surface area (Å²) in [5, 5.41) is 3.71. The number of aryl methyl sites for hydroxylation is 1. The van der Waals surface area contributed by atoms with Crippen LogP contribution in [0.2, 0.25) is 0 Å². The van der Waals surface area contributed by atoms with Crippen LogP contribution in [0.3, 0.4) is 0 Å². The van der Waals surface area contributed by atoms with Gasteiger partial charge in [0.1, 0.15) is 0 Å².